The van der Waals surface area contributed by atoms with Gasteiger partial charge in [0.1, 0.15) is 49.8 Å². The number of hydrogen-bond donors (Lipinski definition) is 0. The van der Waals surface area contributed by atoms with Crippen LogP contribution < -0.4 is 0 Å². The van der Waals surface area contributed by atoms with Crippen LogP contribution in [0.5, 0.6) is 0 Å². The first kappa shape index (κ1) is 60.6. The summed E-state index contributed by atoms with van der Waals surface area (Å²) in [6.07, 6.45) is 20.7. The van der Waals surface area contributed by atoms with E-state index in [9.17, 15) is 28.8 Å². The highest BCUT2D eigenvalue weighted by Gasteiger charge is 2.59. The summed E-state index contributed by atoms with van der Waals surface area (Å²) in [6, 6.07) is 0. The number of hydrogen-bond acceptors (Lipinski definition) is 14. The predicted molar refractivity (Wildman–Crippen MR) is 277 cm³/mol. The molecule has 9 aliphatic rings. The average Bonchev–Trinajstić information content (AvgIpc) is 3.82. The monoisotopic (exact) mass is 1030 g/mol. The molecule has 9 saturated carbocycles. The minimum atomic E-state index is -0.486. The molecule has 0 atom stereocenters. The van der Waals surface area contributed by atoms with E-state index >= 15 is 0 Å². The molecule has 0 aliphatic heterocycles. The molecule has 0 heterocycles. The van der Waals surface area contributed by atoms with E-state index in [-0.39, 0.29) is 105 Å². The Morgan fingerprint density at radius 2 is 0.808 bits per heavy atom. The van der Waals surface area contributed by atoms with Crippen molar-refractivity contribution < 1.29 is 66.7 Å². The Morgan fingerprint density at radius 1 is 0.438 bits per heavy atom. The Hall–Kier alpha value is -3.26. The van der Waals surface area contributed by atoms with Crippen molar-refractivity contribution in [2.75, 3.05) is 46.2 Å². The zero-order valence-electron chi connectivity index (χ0n) is 47.4. The third-order valence-electron chi connectivity index (χ3n) is 19.2. The van der Waals surface area contributed by atoms with Crippen LogP contribution in [0, 0.1) is 63.6 Å². The molecular formula is C59H98O14. The standard InChI is InChI=1S/C22H36O5.C21H34O5.C16H28O4/c1-5-21(3,4)20(24)26-8-7-25-14-19(23)27-22(6-2)17-10-15-9-16(12-17)13-18(22)11-15;1-5-20(2,3)19(23)25-7-6-24-13-18(22)26-21(4)16-9-14-8-15(11-16)12-17(21)10-14;1-5-15(3,4)14(18)19-12-9-13(17)20-16(6-2)10-7-8-11-16/h15-18H,5-14H2,1-4H3;14-17H,5-13H2,1-4H3;5-12H2,1-4H3. The normalized spacial score (nSPS) is 30.2. The SMILES string of the molecule is CCC(C)(C)C(=O)OCCOCC(=O)OC1(C)C2CC3CC(C2)CC1C3.CCC(C)(C)C(=O)OCCOCC(=O)OC1(CC)C2CC3CC(C2)CC1C3.CCC1(OC(=O)CCOC(=O)C(C)(C)CC)CCCC1. The lowest BCUT2D eigenvalue weighted by Crippen LogP contribution is -2.59. The molecule has 0 amide bonds. The lowest BCUT2D eigenvalue weighted by molar-refractivity contribution is -0.214. The van der Waals surface area contributed by atoms with Gasteiger partial charge < -0.3 is 37.9 Å². The van der Waals surface area contributed by atoms with Crippen molar-refractivity contribution in [1.82, 2.24) is 0 Å². The van der Waals surface area contributed by atoms with E-state index in [4.69, 9.17) is 37.9 Å². The maximum Gasteiger partial charge on any atom is 0.332 e. The summed E-state index contributed by atoms with van der Waals surface area (Å²) in [5.41, 5.74) is -2.29. The van der Waals surface area contributed by atoms with Crippen LogP contribution in [0.25, 0.3) is 0 Å². The fourth-order valence-corrected chi connectivity index (χ4v) is 13.4. The summed E-state index contributed by atoms with van der Waals surface area (Å²) >= 11 is 0. The molecule has 14 heteroatoms. The first-order chi connectivity index (χ1) is 34.4. The van der Waals surface area contributed by atoms with Gasteiger partial charge in [0.15, 0.2) is 0 Å². The zero-order chi connectivity index (χ0) is 53.8. The molecule has 8 bridgehead atoms. The second-order valence-corrected chi connectivity index (χ2v) is 25.2. The molecule has 9 rings (SSSR count). The van der Waals surface area contributed by atoms with Crippen LogP contribution in [0.2, 0.25) is 0 Å². The van der Waals surface area contributed by atoms with Crippen LogP contribution in [0.3, 0.4) is 0 Å². The highest BCUT2D eigenvalue weighted by Crippen LogP contribution is 2.61. The van der Waals surface area contributed by atoms with E-state index < -0.39 is 16.2 Å². The molecule has 0 aromatic heterocycles. The average molecular weight is 1030 g/mol. The van der Waals surface area contributed by atoms with E-state index in [2.05, 4.69) is 20.8 Å². The van der Waals surface area contributed by atoms with Crippen LogP contribution in [-0.4, -0.2) is 98.9 Å². The summed E-state index contributed by atoms with van der Waals surface area (Å²) in [6.45, 7) is 24.1. The van der Waals surface area contributed by atoms with Gasteiger partial charge >= 0.3 is 35.8 Å². The van der Waals surface area contributed by atoms with Crippen LogP contribution in [-0.2, 0) is 66.7 Å². The van der Waals surface area contributed by atoms with E-state index in [0.717, 1.165) is 81.5 Å². The van der Waals surface area contributed by atoms with Crippen LogP contribution in [0.1, 0.15) is 212 Å². The third-order valence-corrected chi connectivity index (χ3v) is 19.2. The maximum absolute atomic E-state index is 12.4. The van der Waals surface area contributed by atoms with Crippen molar-refractivity contribution in [2.45, 2.75) is 228 Å². The molecule has 0 spiro atoms. The van der Waals surface area contributed by atoms with Crippen molar-refractivity contribution in [3.05, 3.63) is 0 Å². The van der Waals surface area contributed by atoms with E-state index in [1.54, 1.807) is 0 Å². The Kier molecular flexibility index (Phi) is 21.7. The molecule has 0 radical (unpaired) electrons. The number of carbonyl (C=O) groups is 6. The summed E-state index contributed by atoms with van der Waals surface area (Å²) in [5, 5.41) is 0. The van der Waals surface area contributed by atoms with Crippen LogP contribution in [0.15, 0.2) is 0 Å². The summed E-state index contributed by atoms with van der Waals surface area (Å²) < 4.78 is 44.1. The molecule has 0 aromatic rings. The van der Waals surface area contributed by atoms with Gasteiger partial charge in [-0.15, -0.1) is 0 Å². The summed E-state index contributed by atoms with van der Waals surface area (Å²) in [4.78, 5) is 72.1. The minimum absolute atomic E-state index is 0.0667. The number of carbonyl (C=O) groups excluding carboxylic acids is 6. The van der Waals surface area contributed by atoms with Gasteiger partial charge in [0.2, 0.25) is 0 Å². The molecule has 0 aromatic carbocycles. The Balaban J connectivity index is 0.000000206. The molecule has 0 unspecified atom stereocenters. The fourth-order valence-electron chi connectivity index (χ4n) is 13.4. The molecule has 9 aliphatic carbocycles. The topological polar surface area (TPSA) is 176 Å². The zero-order valence-corrected chi connectivity index (χ0v) is 47.4. The van der Waals surface area contributed by atoms with Gasteiger partial charge in [0, 0.05) is 0 Å². The van der Waals surface area contributed by atoms with Crippen molar-refractivity contribution in [3.63, 3.8) is 0 Å². The Morgan fingerprint density at radius 3 is 1.18 bits per heavy atom. The van der Waals surface area contributed by atoms with Crippen LogP contribution >= 0.6 is 0 Å². The van der Waals surface area contributed by atoms with Gasteiger partial charge in [0.25, 0.3) is 0 Å². The fraction of sp³-hybridized carbons (Fsp3) is 0.898. The second-order valence-electron chi connectivity index (χ2n) is 25.2. The largest absolute Gasteiger partial charge is 0.465 e. The molecule has 14 nitrogen and oxygen atoms in total. The molecule has 9 fully saturated rings. The molecule has 0 N–H and O–H groups in total. The first-order valence-electron chi connectivity index (χ1n) is 28.7. The highest BCUT2D eigenvalue weighted by molar-refractivity contribution is 5.77. The Labute approximate surface area is 439 Å². The van der Waals surface area contributed by atoms with Crippen LogP contribution in [0.4, 0.5) is 0 Å². The number of ether oxygens (including phenoxy) is 8. The van der Waals surface area contributed by atoms with E-state index in [0.29, 0.717) is 23.7 Å². The maximum atomic E-state index is 12.4. The predicted octanol–water partition coefficient (Wildman–Crippen LogP) is 11.5. The van der Waals surface area contributed by atoms with E-state index in [1.165, 1.54) is 64.2 Å². The molecule has 73 heavy (non-hydrogen) atoms. The van der Waals surface area contributed by atoms with Gasteiger partial charge in [0.05, 0.1) is 35.9 Å². The van der Waals surface area contributed by atoms with Crippen molar-refractivity contribution in [2.24, 2.45) is 63.6 Å². The van der Waals surface area contributed by atoms with Gasteiger partial charge in [-0.05, 0) is 218 Å². The number of esters is 6. The molecule has 418 valence electrons. The second kappa shape index (κ2) is 26.2. The Bertz CT molecular complexity index is 1790. The van der Waals surface area contributed by atoms with Crippen molar-refractivity contribution >= 4 is 35.8 Å². The van der Waals surface area contributed by atoms with Crippen molar-refractivity contribution in [3.8, 4) is 0 Å². The van der Waals surface area contributed by atoms with Gasteiger partial charge in [-0.2, -0.15) is 0 Å². The summed E-state index contributed by atoms with van der Waals surface area (Å²) in [5.74, 6) is 3.96. The molecular weight excluding hydrogens is 933 g/mol. The van der Waals surface area contributed by atoms with Gasteiger partial charge in [-0.3, -0.25) is 19.2 Å². The lowest BCUT2D eigenvalue weighted by atomic mass is 9.49. The lowest BCUT2D eigenvalue weighted by Gasteiger charge is -2.60. The third kappa shape index (κ3) is 15.7. The van der Waals surface area contributed by atoms with Gasteiger partial charge in [-0.25, -0.2) is 9.59 Å². The minimum Gasteiger partial charge on any atom is -0.465 e. The highest BCUT2D eigenvalue weighted by atomic mass is 16.6. The van der Waals surface area contributed by atoms with Gasteiger partial charge in [-0.1, -0.05) is 34.6 Å². The first-order valence-corrected chi connectivity index (χ1v) is 28.7. The van der Waals surface area contributed by atoms with E-state index in [1.807, 2.05) is 62.3 Å². The quantitative estimate of drug-likeness (QED) is 0.0507. The van der Waals surface area contributed by atoms with Crippen molar-refractivity contribution in [1.29, 1.82) is 0 Å². The summed E-state index contributed by atoms with van der Waals surface area (Å²) in [7, 11) is 0. The smallest absolute Gasteiger partial charge is 0.332 e. The number of rotatable bonds is 24. The molecule has 0 saturated heterocycles.